The number of hydrogen-bond donors (Lipinski definition) is 0. The molecule has 0 spiro atoms. The summed E-state index contributed by atoms with van der Waals surface area (Å²) in [5, 5.41) is 5.29. The lowest BCUT2D eigenvalue weighted by molar-refractivity contribution is 0.464. The standard InChI is InChI=1S/C30H14BNO2S/c1-2-10-24-15(5-1)16-11-13-18-25(30(16)35-24)17-12-14-23-28-29(17)32(18)19-6-3-7-20-26(19)31(28)27-21(33-20)8-4-9-22(27)34-23/h1-14H. The van der Waals surface area contributed by atoms with Crippen molar-refractivity contribution in [1.29, 1.82) is 0 Å². The Labute approximate surface area is 203 Å². The fraction of sp³-hybridized carbons (Fsp3) is 0. The first-order valence-corrected chi connectivity index (χ1v) is 12.7. The van der Waals surface area contributed by atoms with Crippen LogP contribution in [0.25, 0.3) is 47.7 Å². The largest absolute Gasteiger partial charge is 0.458 e. The van der Waals surface area contributed by atoms with Crippen molar-refractivity contribution in [2.75, 3.05) is 0 Å². The van der Waals surface area contributed by atoms with Crippen molar-refractivity contribution in [3.8, 4) is 28.7 Å². The molecular formula is C30H14BNO2S. The highest BCUT2D eigenvalue weighted by atomic mass is 32.1. The second kappa shape index (κ2) is 5.53. The Hall–Kier alpha value is -4.22. The summed E-state index contributed by atoms with van der Waals surface area (Å²) in [5.74, 6) is 3.69. The number of thiophene rings is 1. The molecule has 35 heavy (non-hydrogen) atoms. The minimum atomic E-state index is 0.114. The van der Waals surface area contributed by atoms with E-state index < -0.39 is 0 Å². The number of rotatable bonds is 0. The Morgan fingerprint density at radius 2 is 1.34 bits per heavy atom. The van der Waals surface area contributed by atoms with Crippen LogP contribution in [-0.4, -0.2) is 11.3 Å². The van der Waals surface area contributed by atoms with Gasteiger partial charge in [0.05, 0.1) is 11.0 Å². The highest BCUT2D eigenvalue weighted by Crippen LogP contribution is 2.46. The third-order valence-electron chi connectivity index (χ3n) is 8.05. The van der Waals surface area contributed by atoms with Crippen LogP contribution in [0.1, 0.15) is 0 Å². The molecule has 5 aromatic carbocycles. The molecule has 3 aliphatic heterocycles. The molecule has 0 saturated heterocycles. The van der Waals surface area contributed by atoms with Crippen molar-refractivity contribution >= 4 is 76.4 Å². The van der Waals surface area contributed by atoms with E-state index in [9.17, 15) is 0 Å². The molecule has 0 radical (unpaired) electrons. The minimum Gasteiger partial charge on any atom is -0.458 e. The van der Waals surface area contributed by atoms with Crippen molar-refractivity contribution in [3.05, 3.63) is 84.9 Å². The van der Waals surface area contributed by atoms with Gasteiger partial charge in [0.1, 0.15) is 23.0 Å². The molecule has 160 valence electrons. The molecule has 0 N–H and O–H groups in total. The summed E-state index contributed by atoms with van der Waals surface area (Å²) in [4.78, 5) is 0. The third-order valence-corrected chi connectivity index (χ3v) is 9.26. The van der Waals surface area contributed by atoms with Gasteiger partial charge in [0.2, 0.25) is 0 Å². The lowest BCUT2D eigenvalue weighted by atomic mass is 9.33. The number of fused-ring (bicyclic) bond motifs is 8. The maximum absolute atomic E-state index is 6.51. The van der Waals surface area contributed by atoms with Gasteiger partial charge in [-0.2, -0.15) is 0 Å². The highest BCUT2D eigenvalue weighted by Gasteiger charge is 2.46. The summed E-state index contributed by atoms with van der Waals surface area (Å²) in [5.41, 5.74) is 7.36. The average Bonchev–Trinajstić information content (AvgIpc) is 3.44. The quantitative estimate of drug-likeness (QED) is 0.250. The number of hydrogen-bond acceptors (Lipinski definition) is 3. The molecular weight excluding hydrogens is 449 g/mol. The van der Waals surface area contributed by atoms with E-state index in [1.54, 1.807) is 0 Å². The van der Waals surface area contributed by atoms with Crippen LogP contribution in [0.2, 0.25) is 0 Å². The average molecular weight is 463 g/mol. The molecule has 0 fully saturated rings. The summed E-state index contributed by atoms with van der Waals surface area (Å²) in [6, 6.07) is 30.4. The summed E-state index contributed by atoms with van der Waals surface area (Å²) < 4.78 is 18.1. The molecule has 0 atom stereocenters. The van der Waals surface area contributed by atoms with E-state index in [1.165, 1.54) is 58.6 Å². The van der Waals surface area contributed by atoms with Gasteiger partial charge in [0.15, 0.2) is 0 Å². The van der Waals surface area contributed by atoms with Crippen LogP contribution in [0.5, 0.6) is 23.0 Å². The lowest BCUT2D eigenvalue weighted by Crippen LogP contribution is -2.60. The molecule has 7 aromatic rings. The lowest BCUT2D eigenvalue weighted by Gasteiger charge is -2.37. The molecule has 0 aliphatic carbocycles. The van der Waals surface area contributed by atoms with E-state index in [0.29, 0.717) is 0 Å². The molecule has 10 rings (SSSR count). The van der Waals surface area contributed by atoms with Crippen LogP contribution in [0.4, 0.5) is 0 Å². The fourth-order valence-corrected chi connectivity index (χ4v) is 8.02. The fourth-order valence-electron chi connectivity index (χ4n) is 6.76. The molecule has 0 amide bonds. The normalized spacial score (nSPS) is 14.1. The monoisotopic (exact) mass is 463 g/mol. The Bertz CT molecular complexity index is 2120. The van der Waals surface area contributed by atoms with Gasteiger partial charge in [-0.1, -0.05) is 36.4 Å². The Kier molecular flexibility index (Phi) is 2.73. The molecule has 0 unspecified atom stereocenters. The van der Waals surface area contributed by atoms with Crippen molar-refractivity contribution in [1.82, 2.24) is 4.57 Å². The first kappa shape index (κ1) is 17.3. The number of aromatic nitrogens is 1. The zero-order valence-corrected chi connectivity index (χ0v) is 19.1. The number of nitrogens with zero attached hydrogens (tertiary/aromatic N) is 1. The van der Waals surface area contributed by atoms with Crippen molar-refractivity contribution in [2.24, 2.45) is 0 Å². The van der Waals surface area contributed by atoms with E-state index in [2.05, 4.69) is 83.4 Å². The molecule has 0 bridgehead atoms. The van der Waals surface area contributed by atoms with Gasteiger partial charge in [-0.15, -0.1) is 11.3 Å². The zero-order valence-electron chi connectivity index (χ0n) is 18.3. The molecule has 5 heteroatoms. The first-order valence-electron chi connectivity index (χ1n) is 11.9. The molecule has 2 aromatic heterocycles. The molecule has 3 aliphatic rings. The van der Waals surface area contributed by atoms with Crippen LogP contribution in [0.3, 0.4) is 0 Å². The van der Waals surface area contributed by atoms with Crippen LogP contribution in [0.15, 0.2) is 84.9 Å². The maximum Gasteiger partial charge on any atom is 0.266 e. The van der Waals surface area contributed by atoms with Crippen molar-refractivity contribution < 1.29 is 9.47 Å². The summed E-state index contributed by atoms with van der Waals surface area (Å²) in [6.07, 6.45) is 0. The first-order chi connectivity index (χ1) is 17.4. The third kappa shape index (κ3) is 1.81. The second-order valence-corrected chi connectivity index (χ2v) is 10.7. The maximum atomic E-state index is 6.51. The predicted molar refractivity (Wildman–Crippen MR) is 145 cm³/mol. The smallest absolute Gasteiger partial charge is 0.266 e. The minimum absolute atomic E-state index is 0.114. The van der Waals surface area contributed by atoms with Crippen molar-refractivity contribution in [2.45, 2.75) is 0 Å². The van der Waals surface area contributed by atoms with E-state index in [0.717, 1.165) is 28.5 Å². The van der Waals surface area contributed by atoms with Gasteiger partial charge >= 0.3 is 0 Å². The van der Waals surface area contributed by atoms with Crippen LogP contribution >= 0.6 is 11.3 Å². The van der Waals surface area contributed by atoms with E-state index >= 15 is 0 Å². The molecule has 3 nitrogen and oxygen atoms in total. The zero-order chi connectivity index (χ0) is 22.4. The SMILES string of the molecule is c1cc2c3c(c1)Oc1ccc4c5c6sc7ccccc7c6ccc5n5c4c1B3c1c(cccc1-5)O2. The van der Waals surface area contributed by atoms with Crippen LogP contribution < -0.4 is 25.9 Å². The van der Waals surface area contributed by atoms with Gasteiger partial charge < -0.3 is 14.0 Å². The molecule has 0 saturated carbocycles. The Balaban J connectivity index is 1.48. The van der Waals surface area contributed by atoms with Gasteiger partial charge in [0.25, 0.3) is 6.71 Å². The van der Waals surface area contributed by atoms with E-state index in [1.807, 2.05) is 17.4 Å². The number of benzene rings is 5. The predicted octanol–water partition coefficient (Wildman–Crippen LogP) is 6.19. The Morgan fingerprint density at radius 3 is 2.23 bits per heavy atom. The van der Waals surface area contributed by atoms with Gasteiger partial charge in [-0.05, 0) is 59.5 Å². The summed E-state index contributed by atoms with van der Waals surface area (Å²) in [6.45, 7) is 0.114. The topological polar surface area (TPSA) is 23.4 Å². The molecule has 5 heterocycles. The summed E-state index contributed by atoms with van der Waals surface area (Å²) in [7, 11) is 0. The number of ether oxygens (including phenoxy) is 2. The summed E-state index contributed by atoms with van der Waals surface area (Å²) >= 11 is 1.89. The van der Waals surface area contributed by atoms with Crippen molar-refractivity contribution in [3.63, 3.8) is 0 Å². The van der Waals surface area contributed by atoms with Gasteiger partial charge in [-0.25, -0.2) is 0 Å². The van der Waals surface area contributed by atoms with Crippen LogP contribution in [-0.2, 0) is 0 Å². The van der Waals surface area contributed by atoms with E-state index in [4.69, 9.17) is 9.47 Å². The van der Waals surface area contributed by atoms with Crippen LogP contribution in [0, 0.1) is 0 Å². The Morgan fingerprint density at radius 1 is 0.600 bits per heavy atom. The highest BCUT2D eigenvalue weighted by molar-refractivity contribution is 7.26. The van der Waals surface area contributed by atoms with Gasteiger partial charge in [0, 0.05) is 42.1 Å². The second-order valence-electron chi connectivity index (χ2n) is 9.64. The van der Waals surface area contributed by atoms with E-state index in [-0.39, 0.29) is 6.71 Å². The van der Waals surface area contributed by atoms with Gasteiger partial charge in [-0.3, -0.25) is 0 Å².